The van der Waals surface area contributed by atoms with Crippen LogP contribution < -0.4 is 0 Å². The summed E-state index contributed by atoms with van der Waals surface area (Å²) in [6.45, 7) is 9.67. The highest BCUT2D eigenvalue weighted by Crippen LogP contribution is 2.18. The number of aliphatic hydroxyl groups is 1. The summed E-state index contributed by atoms with van der Waals surface area (Å²) in [6.07, 6.45) is -0.436. The zero-order valence-corrected chi connectivity index (χ0v) is 11.7. The minimum atomic E-state index is -0.666. The molecule has 0 heterocycles. The number of carbonyl (C=O) groups excluding carboxylic acids is 1. The first-order valence-electron chi connectivity index (χ1n) is 5.74. The van der Waals surface area contributed by atoms with Crippen molar-refractivity contribution in [3.05, 3.63) is 0 Å². The van der Waals surface area contributed by atoms with Gasteiger partial charge in [0.2, 0.25) is 0 Å². The Morgan fingerprint density at radius 1 is 1.24 bits per heavy atom. The lowest BCUT2D eigenvalue weighted by molar-refractivity contribution is -0.0158. The van der Waals surface area contributed by atoms with Gasteiger partial charge in [-0.2, -0.15) is 0 Å². The first-order valence-corrected chi connectivity index (χ1v) is 5.74. The second kappa shape index (κ2) is 6.21. The van der Waals surface area contributed by atoms with Crippen LogP contribution in [-0.2, 0) is 9.47 Å². The van der Waals surface area contributed by atoms with Gasteiger partial charge in [0.1, 0.15) is 5.60 Å². The van der Waals surface area contributed by atoms with Crippen molar-refractivity contribution in [3.8, 4) is 0 Å². The van der Waals surface area contributed by atoms with Gasteiger partial charge >= 0.3 is 6.09 Å². The lowest BCUT2D eigenvalue weighted by Gasteiger charge is -2.37. The van der Waals surface area contributed by atoms with Gasteiger partial charge in [0.15, 0.2) is 0 Å². The maximum absolute atomic E-state index is 12.0. The van der Waals surface area contributed by atoms with Crippen LogP contribution in [0.1, 0.15) is 34.6 Å². The van der Waals surface area contributed by atoms with Gasteiger partial charge in [-0.15, -0.1) is 0 Å². The van der Waals surface area contributed by atoms with Crippen molar-refractivity contribution in [3.63, 3.8) is 0 Å². The number of rotatable bonds is 5. The van der Waals surface area contributed by atoms with E-state index in [2.05, 4.69) is 0 Å². The molecule has 0 aliphatic rings. The highest BCUT2D eigenvalue weighted by molar-refractivity contribution is 5.69. The van der Waals surface area contributed by atoms with Crippen molar-refractivity contribution in [2.45, 2.75) is 45.8 Å². The maximum atomic E-state index is 12.0. The largest absolute Gasteiger partial charge is 0.444 e. The number of hydrogen-bond acceptors (Lipinski definition) is 4. The summed E-state index contributed by atoms with van der Waals surface area (Å²) in [5.41, 5.74) is -1.21. The van der Waals surface area contributed by atoms with Gasteiger partial charge in [-0.25, -0.2) is 4.79 Å². The van der Waals surface area contributed by atoms with E-state index in [0.717, 1.165) is 0 Å². The van der Waals surface area contributed by atoms with Crippen molar-refractivity contribution in [1.82, 2.24) is 4.90 Å². The van der Waals surface area contributed by atoms with Crippen LogP contribution in [0.3, 0.4) is 0 Å². The van der Waals surface area contributed by atoms with E-state index in [9.17, 15) is 9.90 Å². The Kier molecular flexibility index (Phi) is 5.92. The van der Waals surface area contributed by atoms with Crippen LogP contribution in [0.5, 0.6) is 0 Å². The zero-order chi connectivity index (χ0) is 13.7. The van der Waals surface area contributed by atoms with Gasteiger partial charge in [-0.1, -0.05) is 0 Å². The minimum Gasteiger partial charge on any atom is -0.444 e. The molecule has 0 unspecified atom stereocenters. The lowest BCUT2D eigenvalue weighted by atomic mass is 10.1. The summed E-state index contributed by atoms with van der Waals surface area (Å²) in [5, 5.41) is 9.32. The first-order chi connectivity index (χ1) is 7.64. The fourth-order valence-electron chi connectivity index (χ4n) is 1.23. The molecule has 5 heteroatoms. The molecule has 0 radical (unpaired) electrons. The molecule has 0 atom stereocenters. The highest BCUT2D eigenvalue weighted by atomic mass is 16.6. The average molecular weight is 247 g/mol. The lowest BCUT2D eigenvalue weighted by Crippen LogP contribution is -2.52. The predicted octanol–water partition coefficient (Wildman–Crippen LogP) is 1.64. The Balaban J connectivity index is 4.74. The van der Waals surface area contributed by atoms with Crippen molar-refractivity contribution < 1.29 is 19.4 Å². The van der Waals surface area contributed by atoms with E-state index in [1.54, 1.807) is 21.0 Å². The quantitative estimate of drug-likeness (QED) is 0.802. The van der Waals surface area contributed by atoms with Crippen LogP contribution in [0.4, 0.5) is 4.79 Å². The number of methoxy groups -OCH3 is 1. The van der Waals surface area contributed by atoms with E-state index in [-0.39, 0.29) is 6.61 Å². The van der Waals surface area contributed by atoms with E-state index in [1.165, 1.54) is 4.90 Å². The smallest absolute Gasteiger partial charge is 0.410 e. The second-order valence-corrected chi connectivity index (χ2v) is 5.60. The molecule has 0 aliphatic carbocycles. The first kappa shape index (κ1) is 16.2. The van der Waals surface area contributed by atoms with E-state index in [1.807, 2.05) is 20.8 Å². The molecule has 0 rings (SSSR count). The number of hydrogen-bond donors (Lipinski definition) is 1. The fraction of sp³-hybridized carbons (Fsp3) is 0.917. The molecule has 0 spiro atoms. The molecule has 0 saturated carbocycles. The molecular formula is C12H25NO4. The number of amides is 1. The SMILES string of the molecule is COCCN(C(=O)OC(C)(C)C)C(C)(C)CO. The third-order valence-electron chi connectivity index (χ3n) is 2.25. The van der Waals surface area contributed by atoms with E-state index < -0.39 is 17.2 Å². The van der Waals surface area contributed by atoms with Crippen molar-refractivity contribution in [1.29, 1.82) is 0 Å². The number of aliphatic hydroxyl groups excluding tert-OH is 1. The summed E-state index contributed by atoms with van der Waals surface area (Å²) < 4.78 is 10.3. The van der Waals surface area contributed by atoms with Crippen LogP contribution >= 0.6 is 0 Å². The summed E-state index contributed by atoms with van der Waals surface area (Å²) >= 11 is 0. The molecule has 0 bridgehead atoms. The van der Waals surface area contributed by atoms with Crippen LogP contribution in [0.15, 0.2) is 0 Å². The molecule has 0 aromatic heterocycles. The summed E-state index contributed by atoms with van der Waals surface area (Å²) in [4.78, 5) is 13.5. The molecule has 0 aromatic carbocycles. The second-order valence-electron chi connectivity index (χ2n) is 5.60. The Morgan fingerprint density at radius 3 is 2.12 bits per heavy atom. The van der Waals surface area contributed by atoms with Gasteiger partial charge < -0.3 is 14.6 Å². The minimum absolute atomic E-state index is 0.129. The molecule has 1 N–H and O–H groups in total. The number of nitrogens with zero attached hydrogens (tertiary/aromatic N) is 1. The summed E-state index contributed by atoms with van der Waals surface area (Å²) in [6, 6.07) is 0. The standard InChI is InChI=1S/C12H25NO4/c1-11(2,3)17-10(15)13(7-8-16-6)12(4,5)9-14/h14H,7-9H2,1-6H3. The Labute approximate surface area is 104 Å². The third kappa shape index (κ3) is 5.89. The van der Waals surface area contributed by atoms with Crippen molar-refractivity contribution in [2.24, 2.45) is 0 Å². The normalized spacial score (nSPS) is 12.4. The third-order valence-corrected chi connectivity index (χ3v) is 2.25. The molecule has 0 aromatic rings. The van der Waals surface area contributed by atoms with Gasteiger partial charge in [0.05, 0.1) is 18.8 Å². The van der Waals surface area contributed by atoms with E-state index in [4.69, 9.17) is 9.47 Å². The van der Waals surface area contributed by atoms with Gasteiger partial charge in [0.25, 0.3) is 0 Å². The number of ether oxygens (including phenoxy) is 2. The molecule has 1 amide bonds. The van der Waals surface area contributed by atoms with Crippen molar-refractivity contribution in [2.75, 3.05) is 26.9 Å². The maximum Gasteiger partial charge on any atom is 0.410 e. The van der Waals surface area contributed by atoms with Crippen LogP contribution in [0.2, 0.25) is 0 Å². The van der Waals surface area contributed by atoms with Gasteiger partial charge in [-0.05, 0) is 34.6 Å². The van der Waals surface area contributed by atoms with E-state index in [0.29, 0.717) is 13.2 Å². The molecule has 0 aliphatic heterocycles. The zero-order valence-electron chi connectivity index (χ0n) is 11.7. The van der Waals surface area contributed by atoms with Crippen LogP contribution in [0.25, 0.3) is 0 Å². The number of carbonyl (C=O) groups is 1. The highest BCUT2D eigenvalue weighted by Gasteiger charge is 2.33. The van der Waals surface area contributed by atoms with Gasteiger partial charge in [0, 0.05) is 13.7 Å². The monoisotopic (exact) mass is 247 g/mol. The Hall–Kier alpha value is -0.810. The van der Waals surface area contributed by atoms with Crippen molar-refractivity contribution >= 4 is 6.09 Å². The predicted molar refractivity (Wildman–Crippen MR) is 66.0 cm³/mol. The topological polar surface area (TPSA) is 59.0 Å². The van der Waals surface area contributed by atoms with Crippen LogP contribution in [-0.4, -0.2) is 54.1 Å². The van der Waals surface area contributed by atoms with E-state index >= 15 is 0 Å². The van der Waals surface area contributed by atoms with Gasteiger partial charge in [-0.3, -0.25) is 4.90 Å². The molecule has 0 fully saturated rings. The molecule has 5 nitrogen and oxygen atoms in total. The molecule has 0 saturated heterocycles. The Morgan fingerprint density at radius 2 is 1.76 bits per heavy atom. The van der Waals surface area contributed by atoms with Crippen LogP contribution in [0, 0.1) is 0 Å². The molecular weight excluding hydrogens is 222 g/mol. The molecule has 102 valence electrons. The summed E-state index contributed by atoms with van der Waals surface area (Å²) in [7, 11) is 1.57. The summed E-state index contributed by atoms with van der Waals surface area (Å²) in [5.74, 6) is 0. The average Bonchev–Trinajstić information content (AvgIpc) is 2.15. The fourth-order valence-corrected chi connectivity index (χ4v) is 1.23. The molecule has 17 heavy (non-hydrogen) atoms. The Bertz CT molecular complexity index is 245.